The van der Waals surface area contributed by atoms with E-state index in [1.165, 1.54) is 17.2 Å². The smallest absolute Gasteiger partial charge is 0.258 e. The van der Waals surface area contributed by atoms with Gasteiger partial charge >= 0.3 is 0 Å². The lowest BCUT2D eigenvalue weighted by Crippen LogP contribution is -2.34. The summed E-state index contributed by atoms with van der Waals surface area (Å²) < 4.78 is 15.8. The summed E-state index contributed by atoms with van der Waals surface area (Å²) in [7, 11) is 5.44. The number of nitrogens with two attached hydrogens (primary N) is 1. The monoisotopic (exact) mass is 484 g/mol. The molecule has 4 rings (SSSR count). The molecule has 1 saturated carbocycles. The third-order valence-electron chi connectivity index (χ3n) is 7.20. The number of halogens is 2. The average Bonchev–Trinajstić information content (AvgIpc) is 3.33. The fourth-order valence-electron chi connectivity index (χ4n) is 5.19. The van der Waals surface area contributed by atoms with E-state index in [1.807, 2.05) is 25.9 Å². The molecule has 1 aromatic heterocycles. The Morgan fingerprint density at radius 1 is 1.29 bits per heavy atom. The van der Waals surface area contributed by atoms with Crippen LogP contribution in [0.2, 0.25) is 5.02 Å². The lowest BCUT2D eigenvalue weighted by Gasteiger charge is -2.26. The predicted molar refractivity (Wildman–Crippen MR) is 132 cm³/mol. The molecule has 0 unspecified atom stereocenters. The Morgan fingerprint density at radius 2 is 2.03 bits per heavy atom. The first kappa shape index (κ1) is 24.2. The minimum absolute atomic E-state index is 0.0758. The number of carbonyl (C=O) groups is 1. The number of anilines is 2. The van der Waals surface area contributed by atoms with E-state index in [0.29, 0.717) is 42.5 Å². The molecule has 1 amide bonds. The van der Waals surface area contributed by atoms with Gasteiger partial charge in [0, 0.05) is 60.7 Å². The number of hydrogen-bond donors (Lipinski definition) is 2. The van der Waals surface area contributed by atoms with Gasteiger partial charge in [-0.1, -0.05) is 11.6 Å². The quantitative estimate of drug-likeness (QED) is 0.619. The number of likely N-dealkylation sites (N-methyl/N-ethyl adjacent to an activating group) is 2. The van der Waals surface area contributed by atoms with Crippen LogP contribution in [0.1, 0.15) is 42.1 Å². The molecule has 1 aliphatic heterocycles. The highest BCUT2D eigenvalue weighted by atomic mass is 35.5. The van der Waals surface area contributed by atoms with E-state index in [0.717, 1.165) is 18.4 Å². The van der Waals surface area contributed by atoms with Crippen molar-refractivity contribution in [1.29, 1.82) is 5.26 Å². The van der Waals surface area contributed by atoms with Gasteiger partial charge in [-0.2, -0.15) is 5.26 Å². The summed E-state index contributed by atoms with van der Waals surface area (Å²) in [4.78, 5) is 21.0. The van der Waals surface area contributed by atoms with Gasteiger partial charge in [-0.25, -0.2) is 9.37 Å². The number of nitriles is 1. The Bertz CT molecular complexity index is 1190. The number of nitrogen functional groups attached to an aromatic ring is 1. The van der Waals surface area contributed by atoms with Crippen LogP contribution < -0.4 is 11.1 Å². The van der Waals surface area contributed by atoms with Gasteiger partial charge in [0.15, 0.2) is 0 Å². The number of nitrogens with zero attached hydrogens (tertiary/aromatic N) is 4. The summed E-state index contributed by atoms with van der Waals surface area (Å²) in [5, 5.41) is 13.4. The summed E-state index contributed by atoms with van der Waals surface area (Å²) in [6.45, 7) is 3.68. The molecule has 2 aliphatic rings. The van der Waals surface area contributed by atoms with Crippen molar-refractivity contribution in [3.8, 4) is 17.2 Å². The first-order chi connectivity index (χ1) is 16.0. The molecule has 3 N–H and O–H groups in total. The second-order valence-corrected chi connectivity index (χ2v) is 10.5. The van der Waals surface area contributed by atoms with Crippen LogP contribution in [0.25, 0.3) is 11.1 Å². The zero-order valence-corrected chi connectivity index (χ0v) is 20.8. The van der Waals surface area contributed by atoms with Gasteiger partial charge < -0.3 is 20.9 Å². The Hall–Kier alpha value is -2.89. The Kier molecular flexibility index (Phi) is 6.21. The van der Waals surface area contributed by atoms with Crippen molar-refractivity contribution in [3.05, 3.63) is 40.3 Å². The molecule has 9 heteroatoms. The molecular weight excluding hydrogens is 455 g/mol. The Balaban J connectivity index is 1.76. The normalized spacial score (nSPS) is 23.1. The molecule has 2 aromatic rings. The fraction of sp³-hybridized carbons (Fsp3) is 0.480. The molecule has 34 heavy (non-hydrogen) atoms. The molecule has 0 bridgehead atoms. The van der Waals surface area contributed by atoms with Gasteiger partial charge in [0.2, 0.25) is 0 Å². The van der Waals surface area contributed by atoms with E-state index in [2.05, 4.69) is 16.4 Å². The van der Waals surface area contributed by atoms with Crippen LogP contribution in [0.4, 0.5) is 15.9 Å². The molecule has 1 aliphatic carbocycles. The van der Waals surface area contributed by atoms with Crippen molar-refractivity contribution < 1.29 is 9.18 Å². The SMILES string of the molecule is CN(C)CCN(C)C(=O)c1c(N)ccc(-c2cnc3c(c2Cl)[C@@]2(CC[C@@](C)(C#N)C2)CN3)c1F. The van der Waals surface area contributed by atoms with E-state index >= 15 is 4.39 Å². The average molecular weight is 485 g/mol. The number of hydrogen-bond acceptors (Lipinski definition) is 6. The molecule has 180 valence electrons. The molecule has 1 fully saturated rings. The molecule has 0 radical (unpaired) electrons. The standard InChI is InChI=1S/C25H30ClFN6O/c1-24(13-28)7-8-25(12-24)14-31-22-19(25)20(26)16(11-30-22)15-5-6-17(29)18(21(15)27)23(34)33(4)10-9-32(2)3/h5-6,11H,7-10,12,14,29H2,1-4H3,(H,30,31)/t24-,25-/m1/s1. The van der Waals surface area contributed by atoms with Crippen LogP contribution in [0.3, 0.4) is 0 Å². The van der Waals surface area contributed by atoms with Gasteiger partial charge in [-0.05, 0) is 52.4 Å². The van der Waals surface area contributed by atoms with Crippen molar-refractivity contribution in [2.75, 3.05) is 51.8 Å². The third kappa shape index (κ3) is 3.97. The highest BCUT2D eigenvalue weighted by Gasteiger charge is 2.52. The molecule has 1 spiro atoms. The van der Waals surface area contributed by atoms with Crippen LogP contribution in [-0.4, -0.2) is 61.5 Å². The summed E-state index contributed by atoms with van der Waals surface area (Å²) in [5.74, 6) is -0.521. The number of fused-ring (bicyclic) bond motifs is 2. The van der Waals surface area contributed by atoms with Crippen LogP contribution >= 0.6 is 11.6 Å². The fourth-order valence-corrected chi connectivity index (χ4v) is 5.63. The second kappa shape index (κ2) is 8.71. The Morgan fingerprint density at radius 3 is 2.68 bits per heavy atom. The largest absolute Gasteiger partial charge is 0.398 e. The number of pyridine rings is 1. The topological polar surface area (TPSA) is 98.3 Å². The van der Waals surface area contributed by atoms with Crippen LogP contribution in [-0.2, 0) is 5.41 Å². The van der Waals surface area contributed by atoms with Gasteiger partial charge in [-0.3, -0.25) is 4.79 Å². The van der Waals surface area contributed by atoms with Crippen molar-refractivity contribution in [2.24, 2.45) is 5.41 Å². The van der Waals surface area contributed by atoms with Crippen molar-refractivity contribution in [3.63, 3.8) is 0 Å². The summed E-state index contributed by atoms with van der Waals surface area (Å²) in [5.41, 5.74) is 6.62. The highest BCUT2D eigenvalue weighted by Crippen LogP contribution is 2.57. The van der Waals surface area contributed by atoms with E-state index in [4.69, 9.17) is 17.3 Å². The molecule has 2 atom stereocenters. The maximum Gasteiger partial charge on any atom is 0.258 e. The summed E-state index contributed by atoms with van der Waals surface area (Å²) >= 11 is 6.92. The molecule has 7 nitrogen and oxygen atoms in total. The van der Waals surface area contributed by atoms with Crippen LogP contribution in [0.15, 0.2) is 18.3 Å². The van der Waals surface area contributed by atoms with Crippen LogP contribution in [0.5, 0.6) is 0 Å². The zero-order valence-electron chi connectivity index (χ0n) is 20.0. The zero-order chi connectivity index (χ0) is 24.8. The maximum atomic E-state index is 15.8. The molecule has 0 saturated heterocycles. The summed E-state index contributed by atoms with van der Waals surface area (Å²) in [6.07, 6.45) is 3.75. The number of amides is 1. The first-order valence-corrected chi connectivity index (χ1v) is 11.7. The van der Waals surface area contributed by atoms with Gasteiger partial charge in [0.25, 0.3) is 5.91 Å². The summed E-state index contributed by atoms with van der Waals surface area (Å²) in [6, 6.07) is 5.52. The number of aromatic nitrogens is 1. The molecular formula is C25H30ClFN6O. The van der Waals surface area contributed by atoms with E-state index in [-0.39, 0.29) is 22.2 Å². The maximum absolute atomic E-state index is 15.8. The Labute approximate surface area is 204 Å². The molecule has 1 aromatic carbocycles. The minimum atomic E-state index is -0.710. The number of nitrogens with one attached hydrogen (secondary N) is 1. The van der Waals surface area contributed by atoms with Gasteiger partial charge in [0.05, 0.1) is 22.1 Å². The molecule has 2 heterocycles. The van der Waals surface area contributed by atoms with E-state index in [9.17, 15) is 10.1 Å². The number of benzene rings is 1. The number of carbonyl (C=O) groups excluding carboxylic acids is 1. The van der Waals surface area contributed by atoms with E-state index < -0.39 is 17.1 Å². The lowest BCUT2D eigenvalue weighted by atomic mass is 9.77. The first-order valence-electron chi connectivity index (χ1n) is 11.3. The van der Waals surface area contributed by atoms with Crippen LogP contribution in [0, 0.1) is 22.6 Å². The van der Waals surface area contributed by atoms with Gasteiger partial charge in [0.1, 0.15) is 11.6 Å². The lowest BCUT2D eigenvalue weighted by molar-refractivity contribution is 0.0783. The number of rotatable bonds is 5. The third-order valence-corrected chi connectivity index (χ3v) is 7.59. The van der Waals surface area contributed by atoms with E-state index in [1.54, 1.807) is 13.1 Å². The predicted octanol–water partition coefficient (Wildman–Crippen LogP) is 4.13. The highest BCUT2D eigenvalue weighted by molar-refractivity contribution is 6.34. The van der Waals surface area contributed by atoms with Crippen molar-refractivity contribution >= 4 is 29.0 Å². The minimum Gasteiger partial charge on any atom is -0.398 e. The van der Waals surface area contributed by atoms with Gasteiger partial charge in [-0.15, -0.1) is 0 Å². The van der Waals surface area contributed by atoms with Crippen molar-refractivity contribution in [2.45, 2.75) is 31.6 Å². The second-order valence-electron chi connectivity index (χ2n) is 10.1. The van der Waals surface area contributed by atoms with Crippen molar-refractivity contribution in [1.82, 2.24) is 14.8 Å².